The second kappa shape index (κ2) is 15.1. The van der Waals surface area contributed by atoms with E-state index in [-0.39, 0.29) is 36.9 Å². The maximum absolute atomic E-state index is 13.4. The Morgan fingerprint density at radius 3 is 2.16 bits per heavy atom. The van der Waals surface area contributed by atoms with Crippen molar-refractivity contribution in [2.45, 2.75) is 84.0 Å². The van der Waals surface area contributed by atoms with Crippen LogP contribution in [0.5, 0.6) is 0 Å². The van der Waals surface area contributed by atoms with Gasteiger partial charge in [-0.15, -0.1) is 0 Å². The molecule has 0 aliphatic heterocycles. The summed E-state index contributed by atoms with van der Waals surface area (Å²) in [7, 11) is 1.54. The van der Waals surface area contributed by atoms with Gasteiger partial charge in [0, 0.05) is 44.6 Å². The number of carbonyl (C=O) groups excluding carboxylic acids is 1. The van der Waals surface area contributed by atoms with Gasteiger partial charge >= 0.3 is 5.97 Å². The second-order valence-corrected chi connectivity index (χ2v) is 9.28. The fraction of sp³-hybridized carbons (Fsp3) is 0.909. The van der Waals surface area contributed by atoms with Gasteiger partial charge in [-0.05, 0) is 31.6 Å². The molecule has 9 heteroatoms. The Balaban J connectivity index is 5.50. The molecule has 31 heavy (non-hydrogen) atoms. The smallest absolute Gasteiger partial charge is 0.329 e. The summed E-state index contributed by atoms with van der Waals surface area (Å²) < 4.78 is 0. The van der Waals surface area contributed by atoms with Crippen LogP contribution in [0.25, 0.3) is 0 Å². The molecular formula is C22H46N4O4S. The highest BCUT2D eigenvalue weighted by atomic mass is 32.1. The van der Waals surface area contributed by atoms with Crippen LogP contribution in [0.2, 0.25) is 0 Å². The van der Waals surface area contributed by atoms with Gasteiger partial charge in [-0.1, -0.05) is 40.5 Å². The van der Waals surface area contributed by atoms with Crippen molar-refractivity contribution in [2.75, 3.05) is 32.5 Å². The van der Waals surface area contributed by atoms with Crippen LogP contribution in [-0.4, -0.2) is 83.2 Å². The summed E-state index contributed by atoms with van der Waals surface area (Å²) in [5.41, 5.74) is 4.63. The SMILES string of the molecule is CC[C@H](C)[C@H](NC[C@@H](NC[C@@H](N)CS)[C@@H](C)CC)C(=O)N(C)[C@@](C)(CCCO)C(=O)O. The molecule has 184 valence electrons. The van der Waals surface area contributed by atoms with Crippen LogP contribution in [-0.2, 0) is 9.59 Å². The maximum atomic E-state index is 13.4. The van der Waals surface area contributed by atoms with E-state index in [4.69, 9.17) is 10.8 Å². The zero-order valence-corrected chi connectivity index (χ0v) is 21.1. The van der Waals surface area contributed by atoms with Gasteiger partial charge in [-0.3, -0.25) is 4.79 Å². The summed E-state index contributed by atoms with van der Waals surface area (Å²) >= 11 is 4.24. The van der Waals surface area contributed by atoms with E-state index in [1.54, 1.807) is 14.0 Å². The summed E-state index contributed by atoms with van der Waals surface area (Å²) in [6.45, 7) is 10.9. The van der Waals surface area contributed by atoms with E-state index in [0.717, 1.165) is 12.8 Å². The first kappa shape index (κ1) is 30.1. The van der Waals surface area contributed by atoms with Gasteiger partial charge in [-0.25, -0.2) is 4.79 Å². The number of amides is 1. The highest BCUT2D eigenvalue weighted by Crippen LogP contribution is 2.23. The van der Waals surface area contributed by atoms with E-state index >= 15 is 0 Å². The molecule has 0 radical (unpaired) electrons. The summed E-state index contributed by atoms with van der Waals surface area (Å²) in [5, 5.41) is 25.9. The number of thiol groups is 1. The van der Waals surface area contributed by atoms with Gasteiger partial charge in [0.15, 0.2) is 0 Å². The Bertz CT molecular complexity index is 540. The van der Waals surface area contributed by atoms with Crippen molar-refractivity contribution in [1.29, 1.82) is 0 Å². The molecule has 0 aliphatic carbocycles. The Labute approximate surface area is 194 Å². The molecular weight excluding hydrogens is 416 g/mol. The van der Waals surface area contributed by atoms with Crippen molar-refractivity contribution >= 4 is 24.5 Å². The summed E-state index contributed by atoms with van der Waals surface area (Å²) in [6.07, 6.45) is 2.26. The van der Waals surface area contributed by atoms with Crippen molar-refractivity contribution in [3.05, 3.63) is 0 Å². The number of hydrogen-bond donors (Lipinski definition) is 6. The number of aliphatic hydroxyl groups excluding tert-OH is 1. The van der Waals surface area contributed by atoms with Gasteiger partial charge in [-0.2, -0.15) is 12.6 Å². The number of nitrogens with two attached hydrogens (primary N) is 1. The lowest BCUT2D eigenvalue weighted by molar-refractivity contribution is -0.158. The molecule has 0 bridgehead atoms. The summed E-state index contributed by atoms with van der Waals surface area (Å²) in [5.74, 6) is -0.317. The van der Waals surface area contributed by atoms with Gasteiger partial charge in [0.25, 0.3) is 0 Å². The number of hydrogen-bond acceptors (Lipinski definition) is 7. The van der Waals surface area contributed by atoms with E-state index in [2.05, 4.69) is 37.1 Å². The van der Waals surface area contributed by atoms with Crippen LogP contribution in [0.15, 0.2) is 0 Å². The highest BCUT2D eigenvalue weighted by Gasteiger charge is 2.42. The van der Waals surface area contributed by atoms with Crippen LogP contribution < -0.4 is 16.4 Å². The molecule has 6 atom stereocenters. The molecule has 8 nitrogen and oxygen atoms in total. The van der Waals surface area contributed by atoms with Gasteiger partial charge in [0.1, 0.15) is 5.54 Å². The van der Waals surface area contributed by atoms with Crippen molar-refractivity contribution in [1.82, 2.24) is 15.5 Å². The van der Waals surface area contributed by atoms with Crippen LogP contribution in [0.1, 0.15) is 60.3 Å². The molecule has 0 fully saturated rings. The lowest BCUT2D eigenvalue weighted by atomic mass is 9.90. The van der Waals surface area contributed by atoms with Crippen molar-refractivity contribution in [2.24, 2.45) is 17.6 Å². The van der Waals surface area contributed by atoms with Gasteiger partial charge in [0.2, 0.25) is 5.91 Å². The number of carboxylic acid groups (broad SMARTS) is 1. The van der Waals surface area contributed by atoms with E-state index in [1.807, 2.05) is 13.8 Å². The number of aliphatic carboxylic acids is 1. The minimum Gasteiger partial charge on any atom is -0.480 e. The van der Waals surface area contributed by atoms with Crippen LogP contribution in [0.4, 0.5) is 0 Å². The minimum atomic E-state index is -1.37. The average Bonchev–Trinajstić information content (AvgIpc) is 2.77. The Morgan fingerprint density at radius 1 is 1.13 bits per heavy atom. The van der Waals surface area contributed by atoms with Crippen LogP contribution in [0.3, 0.4) is 0 Å². The molecule has 0 saturated carbocycles. The number of carbonyl (C=O) groups is 2. The molecule has 6 N–H and O–H groups in total. The number of aliphatic hydroxyl groups is 1. The fourth-order valence-electron chi connectivity index (χ4n) is 3.44. The molecule has 0 aliphatic rings. The number of carboxylic acids is 1. The van der Waals surface area contributed by atoms with Crippen LogP contribution in [0, 0.1) is 11.8 Å². The molecule has 0 aromatic carbocycles. The standard InChI is InChI=1S/C22H46N4O4S/c1-7-15(3)18(24-12-17(23)14-31)13-25-19(16(4)8-2)20(28)26(6)22(5,21(29)30)10-9-11-27/h15-19,24-25,27,31H,7-14,23H2,1-6H3,(H,29,30)/t15-,16-,17+,18+,19-,22-/m0/s1. The van der Waals surface area contributed by atoms with E-state index in [0.29, 0.717) is 31.2 Å². The molecule has 0 saturated heterocycles. The zero-order valence-electron chi connectivity index (χ0n) is 20.2. The number of likely N-dealkylation sites (N-methyl/N-ethyl adjacent to an activating group) is 1. The fourth-order valence-corrected chi connectivity index (χ4v) is 3.57. The third-order valence-corrected chi connectivity index (χ3v) is 7.07. The maximum Gasteiger partial charge on any atom is 0.329 e. The molecule has 0 rings (SSSR count). The molecule has 1 amide bonds. The predicted molar refractivity (Wildman–Crippen MR) is 129 cm³/mol. The molecule has 0 spiro atoms. The first-order valence-electron chi connectivity index (χ1n) is 11.4. The van der Waals surface area contributed by atoms with Gasteiger partial charge in [0.05, 0.1) is 6.04 Å². The molecule has 0 heterocycles. The largest absolute Gasteiger partial charge is 0.480 e. The van der Waals surface area contributed by atoms with Crippen LogP contribution >= 0.6 is 12.6 Å². The molecule has 0 aromatic heterocycles. The third-order valence-electron chi connectivity index (χ3n) is 6.60. The first-order chi connectivity index (χ1) is 14.5. The number of nitrogens with zero attached hydrogens (tertiary/aromatic N) is 1. The van der Waals surface area contributed by atoms with Crippen molar-refractivity contribution < 1.29 is 19.8 Å². The summed E-state index contributed by atoms with van der Waals surface area (Å²) in [6, 6.07) is -0.425. The first-order valence-corrected chi connectivity index (χ1v) is 12.1. The zero-order chi connectivity index (χ0) is 24.2. The third kappa shape index (κ3) is 9.26. The highest BCUT2D eigenvalue weighted by molar-refractivity contribution is 7.80. The van der Waals surface area contributed by atoms with Gasteiger partial charge < -0.3 is 31.5 Å². The second-order valence-electron chi connectivity index (χ2n) is 8.92. The summed E-state index contributed by atoms with van der Waals surface area (Å²) in [4.78, 5) is 26.7. The number of nitrogens with one attached hydrogen (secondary N) is 2. The predicted octanol–water partition coefficient (Wildman–Crippen LogP) is 1.33. The Hall–Kier alpha value is -0.870. The average molecular weight is 463 g/mol. The van der Waals surface area contributed by atoms with E-state index in [1.165, 1.54) is 4.90 Å². The normalized spacial score (nSPS) is 18.5. The molecule has 0 unspecified atom stereocenters. The quantitative estimate of drug-likeness (QED) is 0.180. The monoisotopic (exact) mass is 462 g/mol. The topological polar surface area (TPSA) is 128 Å². The van der Waals surface area contributed by atoms with E-state index in [9.17, 15) is 14.7 Å². The van der Waals surface area contributed by atoms with Crippen molar-refractivity contribution in [3.8, 4) is 0 Å². The number of rotatable bonds is 17. The van der Waals surface area contributed by atoms with E-state index < -0.39 is 17.6 Å². The lowest BCUT2D eigenvalue weighted by Crippen LogP contribution is -2.60. The minimum absolute atomic E-state index is 0.0307. The van der Waals surface area contributed by atoms with Crippen molar-refractivity contribution in [3.63, 3.8) is 0 Å². The lowest BCUT2D eigenvalue weighted by Gasteiger charge is -2.39. The Kier molecular flexibility index (Phi) is 14.6. The Morgan fingerprint density at radius 2 is 1.71 bits per heavy atom. The molecule has 0 aromatic rings.